The number of nitriles is 1. The molecule has 0 aliphatic carbocycles. The van der Waals surface area contributed by atoms with Crippen LogP contribution in [0.25, 0.3) is 0 Å². The maximum Gasteiger partial charge on any atom is 0.252 e. The average Bonchev–Trinajstić information content (AvgIpc) is 2.16. The third kappa shape index (κ3) is 1.66. The fourth-order valence-corrected chi connectivity index (χ4v) is 1.40. The van der Waals surface area contributed by atoms with Gasteiger partial charge in [-0.05, 0) is 36.2 Å². The Balaban J connectivity index is 3.52. The minimum atomic E-state index is -0.630. The van der Waals surface area contributed by atoms with Crippen molar-refractivity contribution >= 4 is 23.1 Å². The molecule has 0 saturated heterocycles. The summed E-state index contributed by atoms with van der Waals surface area (Å²) in [6.07, 6.45) is 0.553. The lowest BCUT2D eigenvalue weighted by atomic mass is 9.99. The van der Waals surface area contributed by atoms with Gasteiger partial charge in [-0.1, -0.05) is 0 Å². The lowest BCUT2D eigenvalue weighted by Gasteiger charge is -2.04. The van der Waals surface area contributed by atoms with Crippen LogP contribution in [-0.4, -0.2) is 11.5 Å². The molecule has 0 aliphatic rings. The molecule has 0 aromatic heterocycles. The third-order valence-electron chi connectivity index (χ3n) is 1.96. The summed E-state index contributed by atoms with van der Waals surface area (Å²) < 4.78 is 0. The third-order valence-corrected chi connectivity index (χ3v) is 2.17. The van der Waals surface area contributed by atoms with E-state index in [1.807, 2.05) is 6.07 Å². The first-order valence-corrected chi connectivity index (χ1v) is 4.18. The van der Waals surface area contributed by atoms with Crippen LogP contribution in [0.15, 0.2) is 12.1 Å². The van der Waals surface area contributed by atoms with Crippen LogP contribution in [0.1, 0.15) is 31.8 Å². The van der Waals surface area contributed by atoms with Crippen LogP contribution in [0.2, 0.25) is 0 Å². The molecule has 1 aromatic carbocycles. The second-order valence-electron chi connectivity index (χ2n) is 2.70. The molecule has 1 rings (SSSR count). The Morgan fingerprint density at radius 1 is 1.57 bits per heavy atom. The van der Waals surface area contributed by atoms with Crippen molar-refractivity contribution in [1.29, 1.82) is 5.26 Å². The number of benzene rings is 1. The van der Waals surface area contributed by atoms with Gasteiger partial charge < -0.3 is 0 Å². The summed E-state index contributed by atoms with van der Waals surface area (Å²) in [5, 5.41) is 8.05. The van der Waals surface area contributed by atoms with E-state index in [9.17, 15) is 9.59 Å². The van der Waals surface area contributed by atoms with Crippen LogP contribution in [0, 0.1) is 18.3 Å². The summed E-state index contributed by atoms with van der Waals surface area (Å²) in [7, 11) is 0. The largest absolute Gasteiger partial charge is 0.298 e. The molecular weight excluding hydrogens is 202 g/mol. The van der Waals surface area contributed by atoms with Crippen LogP contribution in [-0.2, 0) is 0 Å². The van der Waals surface area contributed by atoms with Gasteiger partial charge in [0.05, 0.1) is 11.6 Å². The van der Waals surface area contributed by atoms with Crippen molar-refractivity contribution in [2.75, 3.05) is 0 Å². The fourth-order valence-electron chi connectivity index (χ4n) is 1.19. The highest BCUT2D eigenvalue weighted by Crippen LogP contribution is 2.18. The molecule has 0 saturated carbocycles. The molecule has 0 aliphatic heterocycles. The standard InChI is InChI=1S/C10H6ClNO2/c1-6-8(10(11)14)3-2-7(4-12)9(6)5-13/h2-3,5H,1H3. The van der Waals surface area contributed by atoms with Crippen LogP contribution in [0.4, 0.5) is 0 Å². The van der Waals surface area contributed by atoms with Gasteiger partial charge in [0, 0.05) is 11.1 Å². The van der Waals surface area contributed by atoms with Gasteiger partial charge in [-0.15, -0.1) is 0 Å². The minimum Gasteiger partial charge on any atom is -0.298 e. The number of nitrogens with zero attached hydrogens (tertiary/aromatic N) is 1. The second-order valence-corrected chi connectivity index (χ2v) is 3.05. The van der Waals surface area contributed by atoms with Gasteiger partial charge in [0.2, 0.25) is 0 Å². The Kier molecular flexibility index (Phi) is 3.00. The number of hydrogen-bond donors (Lipinski definition) is 0. The van der Waals surface area contributed by atoms with E-state index in [-0.39, 0.29) is 16.7 Å². The van der Waals surface area contributed by atoms with Gasteiger partial charge in [0.25, 0.3) is 5.24 Å². The van der Waals surface area contributed by atoms with Crippen molar-refractivity contribution in [1.82, 2.24) is 0 Å². The van der Waals surface area contributed by atoms with E-state index < -0.39 is 5.24 Å². The van der Waals surface area contributed by atoms with Crippen LogP contribution < -0.4 is 0 Å². The Hall–Kier alpha value is -1.66. The van der Waals surface area contributed by atoms with E-state index >= 15 is 0 Å². The van der Waals surface area contributed by atoms with Crippen molar-refractivity contribution in [3.8, 4) is 6.07 Å². The van der Waals surface area contributed by atoms with E-state index in [0.717, 1.165) is 0 Å². The summed E-state index contributed by atoms with van der Waals surface area (Å²) in [4.78, 5) is 21.6. The fraction of sp³-hybridized carbons (Fsp3) is 0.100. The highest BCUT2D eigenvalue weighted by atomic mass is 35.5. The molecule has 0 N–H and O–H groups in total. The summed E-state index contributed by atoms with van der Waals surface area (Å²) in [5.41, 5.74) is 1.17. The predicted octanol–water partition coefficient (Wildman–Crippen LogP) is 2.06. The molecule has 70 valence electrons. The lowest BCUT2D eigenvalue weighted by molar-refractivity contribution is 0.108. The van der Waals surface area contributed by atoms with E-state index in [4.69, 9.17) is 16.9 Å². The van der Waals surface area contributed by atoms with Crippen LogP contribution >= 0.6 is 11.6 Å². The van der Waals surface area contributed by atoms with E-state index in [0.29, 0.717) is 11.8 Å². The van der Waals surface area contributed by atoms with Gasteiger partial charge in [-0.3, -0.25) is 9.59 Å². The van der Waals surface area contributed by atoms with Crippen LogP contribution in [0.5, 0.6) is 0 Å². The summed E-state index contributed by atoms with van der Waals surface area (Å²) >= 11 is 5.30. The topological polar surface area (TPSA) is 57.9 Å². The monoisotopic (exact) mass is 207 g/mol. The van der Waals surface area contributed by atoms with Gasteiger partial charge in [-0.2, -0.15) is 5.26 Å². The van der Waals surface area contributed by atoms with E-state index in [2.05, 4.69) is 0 Å². The lowest BCUT2D eigenvalue weighted by Crippen LogP contribution is -2.00. The number of hydrogen-bond acceptors (Lipinski definition) is 3. The second kappa shape index (κ2) is 4.03. The Morgan fingerprint density at radius 2 is 2.21 bits per heavy atom. The normalized spacial score (nSPS) is 9.21. The van der Waals surface area contributed by atoms with Crippen molar-refractivity contribution in [2.45, 2.75) is 6.92 Å². The van der Waals surface area contributed by atoms with Crippen molar-refractivity contribution in [3.63, 3.8) is 0 Å². The van der Waals surface area contributed by atoms with Crippen molar-refractivity contribution < 1.29 is 9.59 Å². The average molecular weight is 208 g/mol. The number of aldehydes is 1. The number of rotatable bonds is 2. The Morgan fingerprint density at radius 3 is 2.64 bits per heavy atom. The smallest absolute Gasteiger partial charge is 0.252 e. The quantitative estimate of drug-likeness (QED) is 0.551. The van der Waals surface area contributed by atoms with Crippen LogP contribution in [0.3, 0.4) is 0 Å². The highest BCUT2D eigenvalue weighted by molar-refractivity contribution is 6.68. The molecule has 0 unspecified atom stereocenters. The van der Waals surface area contributed by atoms with E-state index in [1.165, 1.54) is 12.1 Å². The molecule has 0 heterocycles. The molecule has 0 spiro atoms. The molecule has 0 bridgehead atoms. The zero-order valence-electron chi connectivity index (χ0n) is 7.37. The highest BCUT2D eigenvalue weighted by Gasteiger charge is 2.12. The van der Waals surface area contributed by atoms with E-state index in [1.54, 1.807) is 6.92 Å². The predicted molar refractivity (Wildman–Crippen MR) is 51.5 cm³/mol. The molecule has 4 heteroatoms. The van der Waals surface area contributed by atoms with Crippen molar-refractivity contribution in [2.24, 2.45) is 0 Å². The molecule has 0 radical (unpaired) electrons. The van der Waals surface area contributed by atoms with Gasteiger partial charge in [0.15, 0.2) is 6.29 Å². The first-order chi connectivity index (χ1) is 6.61. The number of carbonyl (C=O) groups is 2. The molecular formula is C10H6ClNO2. The molecule has 0 amide bonds. The molecule has 3 nitrogen and oxygen atoms in total. The summed E-state index contributed by atoms with van der Waals surface area (Å²) in [6.45, 7) is 1.58. The Bertz CT molecular complexity index is 446. The molecule has 0 fully saturated rings. The zero-order chi connectivity index (χ0) is 10.7. The summed E-state index contributed by atoms with van der Waals surface area (Å²) in [5.74, 6) is 0. The first-order valence-electron chi connectivity index (χ1n) is 3.80. The maximum absolute atomic E-state index is 10.9. The van der Waals surface area contributed by atoms with Gasteiger partial charge >= 0.3 is 0 Å². The maximum atomic E-state index is 10.9. The number of carbonyl (C=O) groups excluding carboxylic acids is 2. The molecule has 14 heavy (non-hydrogen) atoms. The first kappa shape index (κ1) is 10.4. The number of halogens is 1. The zero-order valence-corrected chi connectivity index (χ0v) is 8.13. The summed E-state index contributed by atoms with van der Waals surface area (Å²) in [6, 6.07) is 4.72. The van der Waals surface area contributed by atoms with Gasteiger partial charge in [0.1, 0.15) is 0 Å². The minimum absolute atomic E-state index is 0.221. The van der Waals surface area contributed by atoms with Gasteiger partial charge in [-0.25, -0.2) is 0 Å². The Labute approximate surface area is 85.9 Å². The molecule has 1 aromatic rings. The molecule has 0 atom stereocenters. The van der Waals surface area contributed by atoms with Crippen molar-refractivity contribution in [3.05, 3.63) is 34.4 Å². The SMILES string of the molecule is Cc1c(C(=O)Cl)ccc(C#N)c1C=O.